The predicted molar refractivity (Wildman–Crippen MR) is 72.4 cm³/mol. The first kappa shape index (κ1) is 13.1. The monoisotopic (exact) mass is 264 g/mol. The molecule has 2 aliphatic heterocycles. The Morgan fingerprint density at radius 1 is 1.21 bits per heavy atom. The van der Waals surface area contributed by atoms with E-state index in [0.29, 0.717) is 17.9 Å². The molecule has 0 spiro atoms. The fraction of sp³-hybridized carbons (Fsp3) is 0.867. The fourth-order valence-corrected chi connectivity index (χ4v) is 4.71. The molecule has 2 saturated heterocycles. The molecular formula is C15H24N2O2. The topological polar surface area (TPSA) is 40.6 Å². The van der Waals surface area contributed by atoms with E-state index in [-0.39, 0.29) is 23.3 Å². The summed E-state index contributed by atoms with van der Waals surface area (Å²) in [5.41, 5.74) is 0.679. The fourth-order valence-electron chi connectivity index (χ4n) is 4.71. The van der Waals surface area contributed by atoms with Crippen molar-refractivity contribution >= 4 is 11.8 Å². The summed E-state index contributed by atoms with van der Waals surface area (Å²) in [5, 5.41) is 0. The Balaban J connectivity index is 1.87. The Morgan fingerprint density at radius 3 is 2.47 bits per heavy atom. The highest BCUT2D eigenvalue weighted by molar-refractivity contribution is 6.05. The third kappa shape index (κ3) is 1.83. The highest BCUT2D eigenvalue weighted by Gasteiger charge is 2.55. The number of carbonyl (C=O) groups excluding carboxylic acids is 2. The van der Waals surface area contributed by atoms with Crippen molar-refractivity contribution < 1.29 is 9.59 Å². The lowest BCUT2D eigenvalue weighted by molar-refractivity contribution is -0.138. The maximum absolute atomic E-state index is 12.2. The Hall–Kier alpha value is -0.900. The number of likely N-dealkylation sites (tertiary alicyclic amines) is 2. The summed E-state index contributed by atoms with van der Waals surface area (Å²) in [6.45, 7) is 7.96. The standard InChI is InChI=1S/C15H24N2O2/c1-14(2)9-15(3)5-6-17(11(14)8-15)10-7-12(18)16(4)13(10)19/h10-11H,5-9H2,1-4H3. The molecule has 3 atom stereocenters. The number of hydrogen-bond acceptors (Lipinski definition) is 3. The lowest BCUT2D eigenvalue weighted by Gasteiger charge is -2.42. The van der Waals surface area contributed by atoms with Crippen LogP contribution in [0.1, 0.15) is 46.5 Å². The molecule has 2 bridgehead atoms. The molecule has 3 rings (SSSR count). The summed E-state index contributed by atoms with van der Waals surface area (Å²) in [7, 11) is 1.61. The summed E-state index contributed by atoms with van der Waals surface area (Å²) >= 11 is 0. The van der Waals surface area contributed by atoms with Crippen LogP contribution in [0.15, 0.2) is 0 Å². The van der Waals surface area contributed by atoms with E-state index in [1.54, 1.807) is 7.05 Å². The van der Waals surface area contributed by atoms with Crippen LogP contribution in [0.4, 0.5) is 0 Å². The lowest BCUT2D eigenvalue weighted by Crippen LogP contribution is -2.52. The molecule has 3 unspecified atom stereocenters. The number of amides is 2. The molecule has 4 heteroatoms. The van der Waals surface area contributed by atoms with Crippen LogP contribution in [0.3, 0.4) is 0 Å². The van der Waals surface area contributed by atoms with Gasteiger partial charge in [0.25, 0.3) is 0 Å². The third-order valence-electron chi connectivity index (χ3n) is 5.60. The van der Waals surface area contributed by atoms with Crippen LogP contribution in [-0.4, -0.2) is 47.3 Å². The minimum atomic E-state index is -0.204. The minimum absolute atomic E-state index is 0.00342. The first-order valence-electron chi connectivity index (χ1n) is 7.30. The third-order valence-corrected chi connectivity index (χ3v) is 5.60. The number of fused-ring (bicyclic) bond motifs is 2. The molecule has 106 valence electrons. The van der Waals surface area contributed by atoms with E-state index in [1.807, 2.05) is 0 Å². The van der Waals surface area contributed by atoms with Gasteiger partial charge in [0.05, 0.1) is 12.5 Å². The first-order chi connectivity index (χ1) is 8.73. The number of piperidine rings is 1. The van der Waals surface area contributed by atoms with Gasteiger partial charge in [-0.25, -0.2) is 0 Å². The van der Waals surface area contributed by atoms with Crippen molar-refractivity contribution in [2.24, 2.45) is 10.8 Å². The second kappa shape index (κ2) is 3.81. The van der Waals surface area contributed by atoms with Crippen LogP contribution in [0, 0.1) is 10.8 Å². The van der Waals surface area contributed by atoms with Crippen LogP contribution >= 0.6 is 0 Å². The van der Waals surface area contributed by atoms with E-state index in [2.05, 4.69) is 25.7 Å². The van der Waals surface area contributed by atoms with Gasteiger partial charge in [-0.2, -0.15) is 0 Å². The Morgan fingerprint density at radius 2 is 1.89 bits per heavy atom. The highest BCUT2D eigenvalue weighted by Crippen LogP contribution is 2.56. The second-order valence-corrected chi connectivity index (χ2v) is 7.69. The molecule has 2 amide bonds. The molecule has 0 radical (unpaired) electrons. The van der Waals surface area contributed by atoms with Crippen molar-refractivity contribution in [1.82, 2.24) is 9.80 Å². The molecule has 1 aliphatic carbocycles. The average Bonchev–Trinajstić information content (AvgIpc) is 2.66. The van der Waals surface area contributed by atoms with Crippen molar-refractivity contribution in [1.29, 1.82) is 0 Å². The van der Waals surface area contributed by atoms with Gasteiger partial charge in [-0.15, -0.1) is 0 Å². The van der Waals surface area contributed by atoms with Crippen LogP contribution < -0.4 is 0 Å². The Kier molecular flexibility index (Phi) is 2.63. The summed E-state index contributed by atoms with van der Waals surface area (Å²) in [6, 6.07) is 0.240. The Bertz CT molecular complexity index is 445. The number of nitrogens with zero attached hydrogens (tertiary/aromatic N) is 2. The molecular weight excluding hydrogens is 240 g/mol. The van der Waals surface area contributed by atoms with Crippen LogP contribution in [0.5, 0.6) is 0 Å². The lowest BCUT2D eigenvalue weighted by atomic mass is 9.81. The second-order valence-electron chi connectivity index (χ2n) is 7.69. The van der Waals surface area contributed by atoms with Crippen molar-refractivity contribution in [2.75, 3.05) is 13.6 Å². The van der Waals surface area contributed by atoms with Crippen molar-refractivity contribution in [3.63, 3.8) is 0 Å². The van der Waals surface area contributed by atoms with E-state index in [9.17, 15) is 9.59 Å². The van der Waals surface area contributed by atoms with Gasteiger partial charge in [0.1, 0.15) is 0 Å². The SMILES string of the molecule is CN1C(=O)CC(N2CCC3(C)CC2C(C)(C)C3)C1=O. The van der Waals surface area contributed by atoms with Crippen molar-refractivity contribution in [3.05, 3.63) is 0 Å². The summed E-state index contributed by atoms with van der Waals surface area (Å²) in [5.74, 6) is -0.0320. The van der Waals surface area contributed by atoms with Gasteiger partial charge < -0.3 is 0 Å². The summed E-state index contributed by atoms with van der Waals surface area (Å²) in [4.78, 5) is 27.6. The van der Waals surface area contributed by atoms with Gasteiger partial charge in [-0.1, -0.05) is 20.8 Å². The van der Waals surface area contributed by atoms with E-state index in [0.717, 1.165) is 13.0 Å². The van der Waals surface area contributed by atoms with E-state index >= 15 is 0 Å². The number of hydrogen-bond donors (Lipinski definition) is 0. The molecule has 3 fully saturated rings. The van der Waals surface area contributed by atoms with Gasteiger partial charge in [0, 0.05) is 13.1 Å². The zero-order valence-electron chi connectivity index (χ0n) is 12.4. The quantitative estimate of drug-likeness (QED) is 0.676. The molecule has 0 aromatic heterocycles. The van der Waals surface area contributed by atoms with Gasteiger partial charge >= 0.3 is 0 Å². The van der Waals surface area contributed by atoms with Gasteiger partial charge in [0.2, 0.25) is 11.8 Å². The molecule has 4 nitrogen and oxygen atoms in total. The highest BCUT2D eigenvalue weighted by atomic mass is 16.2. The van der Waals surface area contributed by atoms with E-state index < -0.39 is 0 Å². The summed E-state index contributed by atoms with van der Waals surface area (Å²) < 4.78 is 0. The zero-order valence-corrected chi connectivity index (χ0v) is 12.4. The normalized spacial score (nSPS) is 42.2. The van der Waals surface area contributed by atoms with Crippen LogP contribution in [0.25, 0.3) is 0 Å². The van der Waals surface area contributed by atoms with E-state index in [4.69, 9.17) is 0 Å². The maximum Gasteiger partial charge on any atom is 0.246 e. The zero-order chi connectivity index (χ0) is 14.0. The molecule has 19 heavy (non-hydrogen) atoms. The number of carbonyl (C=O) groups is 2. The number of rotatable bonds is 1. The van der Waals surface area contributed by atoms with Gasteiger partial charge in [-0.3, -0.25) is 19.4 Å². The van der Waals surface area contributed by atoms with Crippen molar-refractivity contribution in [2.45, 2.75) is 58.5 Å². The van der Waals surface area contributed by atoms with E-state index in [1.165, 1.54) is 17.7 Å². The minimum Gasteiger partial charge on any atom is -0.288 e. The van der Waals surface area contributed by atoms with Crippen LogP contribution in [0.2, 0.25) is 0 Å². The maximum atomic E-state index is 12.2. The van der Waals surface area contributed by atoms with Crippen molar-refractivity contribution in [3.8, 4) is 0 Å². The predicted octanol–water partition coefficient (Wildman–Crippen LogP) is 1.64. The van der Waals surface area contributed by atoms with Gasteiger partial charge in [-0.05, 0) is 36.6 Å². The number of imide groups is 1. The summed E-state index contributed by atoms with van der Waals surface area (Å²) in [6.07, 6.45) is 3.92. The molecule has 0 N–H and O–H groups in total. The molecule has 3 aliphatic rings. The largest absolute Gasteiger partial charge is 0.288 e. The number of likely N-dealkylation sites (N-methyl/N-ethyl adjacent to an activating group) is 1. The smallest absolute Gasteiger partial charge is 0.246 e. The molecule has 2 heterocycles. The van der Waals surface area contributed by atoms with Gasteiger partial charge in [0.15, 0.2) is 0 Å². The molecule has 0 aromatic rings. The Labute approximate surface area is 115 Å². The van der Waals surface area contributed by atoms with Crippen LogP contribution in [-0.2, 0) is 9.59 Å². The molecule has 0 aromatic carbocycles. The average molecular weight is 264 g/mol. The first-order valence-corrected chi connectivity index (χ1v) is 7.30. The molecule has 1 saturated carbocycles.